The van der Waals surface area contributed by atoms with Gasteiger partial charge in [0.1, 0.15) is 17.6 Å². The van der Waals surface area contributed by atoms with E-state index in [1.54, 1.807) is 11.9 Å². The number of aromatic nitrogens is 1. The Labute approximate surface area is 115 Å². The predicted octanol–water partition coefficient (Wildman–Crippen LogP) is 0.892. The quantitative estimate of drug-likeness (QED) is 0.652. The highest BCUT2D eigenvalue weighted by atomic mass is 16.6. The SMILES string of the molecule is CNc1cc(C(=O)N2CCOCC2C)c([N+](=O)[O-])cn1. The molecule has 0 aromatic carbocycles. The van der Waals surface area contributed by atoms with Gasteiger partial charge in [0.2, 0.25) is 0 Å². The molecule has 1 aromatic heterocycles. The first-order chi connectivity index (χ1) is 9.54. The molecular formula is C12H16N4O4. The molecule has 1 fully saturated rings. The number of rotatable bonds is 3. The number of nitrogens with one attached hydrogen (secondary N) is 1. The molecule has 108 valence electrons. The van der Waals surface area contributed by atoms with Crippen LogP contribution in [0.3, 0.4) is 0 Å². The fourth-order valence-corrected chi connectivity index (χ4v) is 2.09. The smallest absolute Gasteiger partial charge is 0.300 e. The van der Waals surface area contributed by atoms with Crippen molar-refractivity contribution in [1.82, 2.24) is 9.88 Å². The molecule has 1 amide bonds. The van der Waals surface area contributed by atoms with Gasteiger partial charge in [0.05, 0.1) is 24.2 Å². The Bertz CT molecular complexity index is 534. The van der Waals surface area contributed by atoms with E-state index in [0.29, 0.717) is 25.6 Å². The minimum Gasteiger partial charge on any atom is -0.377 e. The van der Waals surface area contributed by atoms with E-state index in [1.165, 1.54) is 6.07 Å². The average Bonchev–Trinajstić information content (AvgIpc) is 2.46. The Morgan fingerprint density at radius 1 is 1.65 bits per heavy atom. The topological polar surface area (TPSA) is 97.6 Å². The first kappa shape index (κ1) is 14.2. The lowest BCUT2D eigenvalue weighted by atomic mass is 10.1. The normalized spacial score (nSPS) is 18.7. The molecule has 1 N–H and O–H groups in total. The zero-order chi connectivity index (χ0) is 14.7. The fraction of sp³-hybridized carbons (Fsp3) is 0.500. The van der Waals surface area contributed by atoms with Crippen LogP contribution < -0.4 is 5.32 Å². The van der Waals surface area contributed by atoms with Gasteiger partial charge in [0.15, 0.2) is 0 Å². The molecule has 0 bridgehead atoms. The summed E-state index contributed by atoms with van der Waals surface area (Å²) in [6.07, 6.45) is 1.10. The highest BCUT2D eigenvalue weighted by Crippen LogP contribution is 2.23. The number of morpholine rings is 1. The summed E-state index contributed by atoms with van der Waals surface area (Å²) in [6.45, 7) is 3.15. The average molecular weight is 280 g/mol. The number of carbonyl (C=O) groups is 1. The standard InChI is InChI=1S/C12H16N4O4/c1-8-7-20-4-3-15(8)12(17)9-5-11(13-2)14-6-10(9)16(18)19/h5-6,8H,3-4,7H2,1-2H3,(H,13,14). The molecule has 1 atom stereocenters. The van der Waals surface area contributed by atoms with Crippen molar-refractivity contribution < 1.29 is 14.5 Å². The lowest BCUT2D eigenvalue weighted by Crippen LogP contribution is -2.47. The van der Waals surface area contributed by atoms with Crippen LogP contribution in [0.2, 0.25) is 0 Å². The molecule has 1 aliphatic heterocycles. The van der Waals surface area contributed by atoms with Crippen LogP contribution in [0.4, 0.5) is 11.5 Å². The minimum atomic E-state index is -0.592. The molecule has 8 heteroatoms. The Balaban J connectivity index is 2.38. The third-order valence-corrected chi connectivity index (χ3v) is 3.19. The van der Waals surface area contributed by atoms with E-state index in [4.69, 9.17) is 4.74 Å². The van der Waals surface area contributed by atoms with Crippen molar-refractivity contribution >= 4 is 17.4 Å². The maximum atomic E-state index is 12.5. The zero-order valence-corrected chi connectivity index (χ0v) is 11.3. The van der Waals surface area contributed by atoms with Crippen molar-refractivity contribution in [2.45, 2.75) is 13.0 Å². The summed E-state index contributed by atoms with van der Waals surface area (Å²) in [5.74, 6) is 0.0475. The Hall–Kier alpha value is -2.22. The molecule has 0 spiro atoms. The number of hydrogen-bond donors (Lipinski definition) is 1. The summed E-state index contributed by atoms with van der Waals surface area (Å²) >= 11 is 0. The van der Waals surface area contributed by atoms with Crippen molar-refractivity contribution in [1.29, 1.82) is 0 Å². The zero-order valence-electron chi connectivity index (χ0n) is 11.3. The van der Waals surface area contributed by atoms with Gasteiger partial charge in [-0.2, -0.15) is 0 Å². The molecule has 1 aromatic rings. The summed E-state index contributed by atoms with van der Waals surface area (Å²) in [5, 5.41) is 13.8. The molecule has 1 unspecified atom stereocenters. The van der Waals surface area contributed by atoms with Crippen LogP contribution in [0.1, 0.15) is 17.3 Å². The second kappa shape index (κ2) is 5.83. The second-order valence-corrected chi connectivity index (χ2v) is 4.52. The van der Waals surface area contributed by atoms with E-state index in [-0.39, 0.29) is 23.2 Å². The highest BCUT2D eigenvalue weighted by molar-refractivity contribution is 5.99. The van der Waals surface area contributed by atoms with Crippen LogP contribution in [0.5, 0.6) is 0 Å². The Morgan fingerprint density at radius 3 is 3.00 bits per heavy atom. The third kappa shape index (κ3) is 2.69. The van der Waals surface area contributed by atoms with Gasteiger partial charge < -0.3 is 15.0 Å². The van der Waals surface area contributed by atoms with Crippen molar-refractivity contribution in [2.24, 2.45) is 0 Å². The number of anilines is 1. The lowest BCUT2D eigenvalue weighted by Gasteiger charge is -2.33. The highest BCUT2D eigenvalue weighted by Gasteiger charge is 2.30. The van der Waals surface area contributed by atoms with Crippen LogP contribution in [-0.4, -0.2) is 53.6 Å². The molecule has 0 aliphatic carbocycles. The summed E-state index contributed by atoms with van der Waals surface area (Å²) in [7, 11) is 1.64. The summed E-state index contributed by atoms with van der Waals surface area (Å²) < 4.78 is 5.27. The molecule has 1 aliphatic rings. The molecule has 8 nitrogen and oxygen atoms in total. The Kier molecular flexibility index (Phi) is 4.14. The number of carbonyl (C=O) groups excluding carboxylic acids is 1. The van der Waals surface area contributed by atoms with Gasteiger partial charge in [0.25, 0.3) is 11.6 Å². The number of nitro groups is 1. The number of hydrogen-bond acceptors (Lipinski definition) is 6. The summed E-state index contributed by atoms with van der Waals surface area (Å²) in [4.78, 5) is 28.4. The van der Waals surface area contributed by atoms with Crippen LogP contribution in [0, 0.1) is 10.1 Å². The van der Waals surface area contributed by atoms with E-state index >= 15 is 0 Å². The maximum Gasteiger partial charge on any atom is 0.300 e. The van der Waals surface area contributed by atoms with Crippen molar-refractivity contribution in [3.05, 3.63) is 27.9 Å². The molecular weight excluding hydrogens is 264 g/mol. The van der Waals surface area contributed by atoms with Crippen LogP contribution in [-0.2, 0) is 4.74 Å². The summed E-state index contributed by atoms with van der Waals surface area (Å²) in [5.41, 5.74) is -0.240. The first-order valence-electron chi connectivity index (χ1n) is 6.25. The van der Waals surface area contributed by atoms with Gasteiger partial charge in [-0.25, -0.2) is 4.98 Å². The number of pyridine rings is 1. The second-order valence-electron chi connectivity index (χ2n) is 4.52. The van der Waals surface area contributed by atoms with Gasteiger partial charge in [-0.15, -0.1) is 0 Å². The van der Waals surface area contributed by atoms with Gasteiger partial charge in [-0.1, -0.05) is 0 Å². The lowest BCUT2D eigenvalue weighted by molar-refractivity contribution is -0.385. The minimum absolute atomic E-state index is 0.0445. The number of amides is 1. The third-order valence-electron chi connectivity index (χ3n) is 3.19. The van der Waals surface area contributed by atoms with Crippen LogP contribution >= 0.6 is 0 Å². The van der Waals surface area contributed by atoms with Crippen LogP contribution in [0.15, 0.2) is 12.3 Å². The van der Waals surface area contributed by atoms with E-state index in [1.807, 2.05) is 6.92 Å². The molecule has 2 heterocycles. The first-order valence-corrected chi connectivity index (χ1v) is 6.25. The van der Waals surface area contributed by atoms with Gasteiger partial charge in [-0.3, -0.25) is 14.9 Å². The van der Waals surface area contributed by atoms with Gasteiger partial charge >= 0.3 is 0 Å². The fourth-order valence-electron chi connectivity index (χ4n) is 2.09. The van der Waals surface area contributed by atoms with E-state index in [9.17, 15) is 14.9 Å². The molecule has 20 heavy (non-hydrogen) atoms. The largest absolute Gasteiger partial charge is 0.377 e. The van der Waals surface area contributed by atoms with Crippen molar-refractivity contribution in [3.8, 4) is 0 Å². The van der Waals surface area contributed by atoms with E-state index in [0.717, 1.165) is 6.20 Å². The van der Waals surface area contributed by atoms with Gasteiger partial charge in [-0.05, 0) is 6.92 Å². The van der Waals surface area contributed by atoms with Crippen molar-refractivity contribution in [3.63, 3.8) is 0 Å². The maximum absolute atomic E-state index is 12.5. The predicted molar refractivity (Wildman–Crippen MR) is 71.8 cm³/mol. The summed E-state index contributed by atoms with van der Waals surface area (Å²) in [6, 6.07) is 1.30. The molecule has 1 saturated heterocycles. The van der Waals surface area contributed by atoms with Crippen molar-refractivity contribution in [2.75, 3.05) is 32.1 Å². The number of ether oxygens (including phenoxy) is 1. The molecule has 0 radical (unpaired) electrons. The van der Waals surface area contributed by atoms with Gasteiger partial charge in [0, 0.05) is 19.7 Å². The Morgan fingerprint density at radius 2 is 2.40 bits per heavy atom. The monoisotopic (exact) mass is 280 g/mol. The van der Waals surface area contributed by atoms with E-state index < -0.39 is 4.92 Å². The number of nitrogens with zero attached hydrogens (tertiary/aromatic N) is 3. The molecule has 2 rings (SSSR count). The van der Waals surface area contributed by atoms with E-state index in [2.05, 4.69) is 10.3 Å². The van der Waals surface area contributed by atoms with Crippen LogP contribution in [0.25, 0.3) is 0 Å². The molecule has 0 saturated carbocycles.